The van der Waals surface area contributed by atoms with Gasteiger partial charge in [0, 0.05) is 23.2 Å². The average Bonchev–Trinajstić information content (AvgIpc) is 1.69. The first kappa shape index (κ1) is 8.25. The molecule has 0 rings (SSSR count). The molecule has 0 spiro atoms. The van der Waals surface area contributed by atoms with E-state index < -0.39 is 0 Å². The first-order chi connectivity index (χ1) is 3.72. The van der Waals surface area contributed by atoms with Gasteiger partial charge in [0.1, 0.15) is 13.1 Å². The molecular formula is C5H10Cl2N+. The van der Waals surface area contributed by atoms with Gasteiger partial charge in [-0.25, -0.2) is 4.58 Å². The average molecular weight is 155 g/mol. The van der Waals surface area contributed by atoms with Crippen molar-refractivity contribution in [1.82, 2.24) is 0 Å². The van der Waals surface area contributed by atoms with Crippen LogP contribution in [0.3, 0.4) is 0 Å². The summed E-state index contributed by atoms with van der Waals surface area (Å²) >= 11 is 10.9. The molecule has 0 bridgehead atoms. The van der Waals surface area contributed by atoms with Crippen LogP contribution in [0.1, 0.15) is 13.8 Å². The summed E-state index contributed by atoms with van der Waals surface area (Å²) in [6.45, 7) is 5.76. The van der Waals surface area contributed by atoms with Crippen molar-refractivity contribution in [3.8, 4) is 0 Å². The predicted molar refractivity (Wildman–Crippen MR) is 38.1 cm³/mol. The van der Waals surface area contributed by atoms with Crippen molar-refractivity contribution < 1.29 is 4.58 Å². The zero-order chi connectivity index (χ0) is 6.57. The van der Waals surface area contributed by atoms with Gasteiger partial charge in [-0.2, -0.15) is 0 Å². The van der Waals surface area contributed by atoms with E-state index in [0.717, 1.165) is 13.1 Å². The van der Waals surface area contributed by atoms with E-state index in [4.69, 9.17) is 23.2 Å². The Morgan fingerprint density at radius 1 is 1.25 bits per heavy atom. The second-order valence-corrected chi connectivity index (χ2v) is 2.32. The first-order valence-corrected chi connectivity index (χ1v) is 3.40. The fourth-order valence-electron chi connectivity index (χ4n) is 0.463. The molecule has 0 heterocycles. The Morgan fingerprint density at radius 2 is 1.62 bits per heavy atom. The zero-order valence-corrected chi connectivity index (χ0v) is 6.63. The van der Waals surface area contributed by atoms with Gasteiger partial charge in [-0.3, -0.25) is 0 Å². The van der Waals surface area contributed by atoms with E-state index in [-0.39, 0.29) is 0 Å². The van der Waals surface area contributed by atoms with Crippen molar-refractivity contribution in [3.05, 3.63) is 0 Å². The summed E-state index contributed by atoms with van der Waals surface area (Å²) in [5.74, 6) is 0. The van der Waals surface area contributed by atoms with Gasteiger partial charge in [-0.1, -0.05) is 0 Å². The van der Waals surface area contributed by atoms with E-state index in [1.165, 1.54) is 0 Å². The van der Waals surface area contributed by atoms with Crippen LogP contribution in [0.4, 0.5) is 0 Å². The van der Waals surface area contributed by atoms with Crippen molar-refractivity contribution >= 4 is 27.8 Å². The van der Waals surface area contributed by atoms with Crippen molar-refractivity contribution in [3.63, 3.8) is 0 Å². The summed E-state index contributed by atoms with van der Waals surface area (Å²) in [6.07, 6.45) is 0. The van der Waals surface area contributed by atoms with Crippen LogP contribution in [0.15, 0.2) is 0 Å². The van der Waals surface area contributed by atoms with Crippen LogP contribution in [0, 0.1) is 0 Å². The molecule has 0 saturated heterocycles. The highest BCUT2D eigenvalue weighted by molar-refractivity contribution is 6.94. The molecule has 0 radical (unpaired) electrons. The molecule has 0 amide bonds. The van der Waals surface area contributed by atoms with E-state index in [1.807, 2.05) is 18.4 Å². The van der Waals surface area contributed by atoms with Gasteiger partial charge < -0.3 is 0 Å². The Hall–Kier alpha value is 0.250. The third kappa shape index (κ3) is 2.53. The zero-order valence-electron chi connectivity index (χ0n) is 5.12. The Morgan fingerprint density at radius 3 is 1.62 bits per heavy atom. The van der Waals surface area contributed by atoms with Crippen molar-refractivity contribution in [1.29, 1.82) is 0 Å². The fourth-order valence-corrected chi connectivity index (χ4v) is 0.941. The molecule has 0 fully saturated rings. The second kappa shape index (κ2) is 4.16. The third-order valence-corrected chi connectivity index (χ3v) is 1.48. The normalized spacial score (nSPS) is 9.00. The van der Waals surface area contributed by atoms with Gasteiger partial charge in [0.2, 0.25) is 0 Å². The minimum absolute atomic E-state index is 0.356. The molecule has 0 aliphatic carbocycles. The quantitative estimate of drug-likeness (QED) is 0.423. The summed E-state index contributed by atoms with van der Waals surface area (Å²) < 4.78 is 2.22. The molecule has 3 heteroatoms. The van der Waals surface area contributed by atoms with E-state index in [0.29, 0.717) is 4.63 Å². The molecule has 0 aromatic carbocycles. The Labute approximate surface area is 59.9 Å². The number of halogens is 2. The minimum atomic E-state index is 0.356. The van der Waals surface area contributed by atoms with Crippen molar-refractivity contribution in [2.75, 3.05) is 13.1 Å². The maximum absolute atomic E-state index is 5.45. The van der Waals surface area contributed by atoms with E-state index >= 15 is 0 Å². The summed E-state index contributed by atoms with van der Waals surface area (Å²) in [4.78, 5) is 0. The molecule has 8 heavy (non-hydrogen) atoms. The Kier molecular flexibility index (Phi) is 4.29. The molecule has 0 aliphatic rings. The SMILES string of the molecule is CC[N+](CC)=C(Cl)Cl. The lowest BCUT2D eigenvalue weighted by molar-refractivity contribution is -0.516. The van der Waals surface area contributed by atoms with E-state index in [2.05, 4.69) is 0 Å². The lowest BCUT2D eigenvalue weighted by atomic mass is 10.6. The maximum Gasteiger partial charge on any atom is 0.341 e. The predicted octanol–water partition coefficient (Wildman–Crippen LogP) is 1.87. The highest BCUT2D eigenvalue weighted by Crippen LogP contribution is 1.91. The van der Waals surface area contributed by atoms with Gasteiger partial charge in [0.15, 0.2) is 0 Å². The number of nitrogens with zero attached hydrogens (tertiary/aromatic N) is 1. The van der Waals surface area contributed by atoms with Crippen LogP contribution in [-0.4, -0.2) is 22.3 Å². The summed E-state index contributed by atoms with van der Waals surface area (Å²) in [6, 6.07) is 0. The number of hydrogen-bond donors (Lipinski definition) is 0. The highest BCUT2D eigenvalue weighted by atomic mass is 35.5. The molecule has 0 unspecified atom stereocenters. The van der Waals surface area contributed by atoms with Crippen LogP contribution in [0.25, 0.3) is 0 Å². The topological polar surface area (TPSA) is 3.01 Å². The molecule has 1 nitrogen and oxygen atoms in total. The number of hydrogen-bond acceptors (Lipinski definition) is 0. The summed E-state index contributed by atoms with van der Waals surface area (Å²) in [5, 5.41) is 0. The molecule has 0 aromatic rings. The maximum atomic E-state index is 5.45. The first-order valence-electron chi connectivity index (χ1n) is 2.65. The van der Waals surface area contributed by atoms with Gasteiger partial charge in [-0.15, -0.1) is 0 Å². The summed E-state index contributed by atoms with van der Waals surface area (Å²) in [7, 11) is 0. The molecular weight excluding hydrogens is 145 g/mol. The minimum Gasteiger partial charge on any atom is -0.210 e. The fraction of sp³-hybridized carbons (Fsp3) is 0.800. The van der Waals surface area contributed by atoms with E-state index in [1.54, 1.807) is 0 Å². The van der Waals surface area contributed by atoms with Crippen molar-refractivity contribution in [2.45, 2.75) is 13.8 Å². The Bertz CT molecular complexity index is 88.6. The highest BCUT2D eigenvalue weighted by Gasteiger charge is 2.01. The number of rotatable bonds is 2. The Balaban J connectivity index is 3.86. The lowest BCUT2D eigenvalue weighted by Crippen LogP contribution is -2.13. The molecule has 0 saturated carbocycles. The molecule has 48 valence electrons. The lowest BCUT2D eigenvalue weighted by Gasteiger charge is -1.92. The van der Waals surface area contributed by atoms with Crippen molar-refractivity contribution in [2.24, 2.45) is 0 Å². The summed E-state index contributed by atoms with van der Waals surface area (Å²) in [5.41, 5.74) is 0. The largest absolute Gasteiger partial charge is 0.341 e. The molecule has 0 N–H and O–H groups in total. The van der Waals surface area contributed by atoms with Gasteiger partial charge in [0.05, 0.1) is 0 Å². The smallest absolute Gasteiger partial charge is 0.210 e. The molecule has 0 atom stereocenters. The van der Waals surface area contributed by atoms with Crippen LogP contribution in [-0.2, 0) is 0 Å². The van der Waals surface area contributed by atoms with Gasteiger partial charge in [-0.05, 0) is 13.8 Å². The van der Waals surface area contributed by atoms with Gasteiger partial charge >= 0.3 is 4.63 Å². The van der Waals surface area contributed by atoms with E-state index in [9.17, 15) is 0 Å². The van der Waals surface area contributed by atoms with Crippen LogP contribution >= 0.6 is 23.2 Å². The van der Waals surface area contributed by atoms with Gasteiger partial charge in [0.25, 0.3) is 0 Å². The second-order valence-electron chi connectivity index (χ2n) is 1.41. The van der Waals surface area contributed by atoms with Crippen LogP contribution in [0.2, 0.25) is 0 Å². The van der Waals surface area contributed by atoms with Crippen LogP contribution in [0.5, 0.6) is 0 Å². The molecule has 0 aliphatic heterocycles. The molecule has 0 aromatic heterocycles. The standard InChI is InChI=1S/C5H10Cl2N/c1-3-8(4-2)5(6)7/h3-4H2,1-2H3/q+1. The third-order valence-electron chi connectivity index (χ3n) is 1.00. The van der Waals surface area contributed by atoms with Crippen LogP contribution < -0.4 is 0 Å². The monoisotopic (exact) mass is 154 g/mol.